The summed E-state index contributed by atoms with van der Waals surface area (Å²) in [6.07, 6.45) is 5.81. The minimum atomic E-state index is -0.219. The van der Waals surface area contributed by atoms with E-state index in [-0.39, 0.29) is 5.54 Å². The van der Waals surface area contributed by atoms with E-state index < -0.39 is 0 Å². The number of hydrogen-bond acceptors (Lipinski definition) is 3. The van der Waals surface area contributed by atoms with Crippen molar-refractivity contribution >= 4 is 0 Å². The van der Waals surface area contributed by atoms with Gasteiger partial charge >= 0.3 is 0 Å². The van der Waals surface area contributed by atoms with E-state index in [9.17, 15) is 0 Å². The lowest BCUT2D eigenvalue weighted by Crippen LogP contribution is -2.38. The highest BCUT2D eigenvalue weighted by Crippen LogP contribution is 2.46. The van der Waals surface area contributed by atoms with Gasteiger partial charge < -0.3 is 15.2 Å². The molecule has 1 aliphatic heterocycles. The first-order chi connectivity index (χ1) is 8.21. The van der Waals surface area contributed by atoms with Gasteiger partial charge in [-0.15, -0.1) is 0 Å². The minimum Gasteiger partial charge on any atom is -0.453 e. The summed E-state index contributed by atoms with van der Waals surface area (Å²) >= 11 is 0. The number of ether oxygens (including phenoxy) is 2. The normalized spacial score (nSPS) is 21.5. The van der Waals surface area contributed by atoms with Crippen LogP contribution in [-0.2, 0) is 5.54 Å². The lowest BCUT2D eigenvalue weighted by atomic mass is 9.77. The molecule has 3 nitrogen and oxygen atoms in total. The molecular weight excluding hydrogens is 214 g/mol. The van der Waals surface area contributed by atoms with Crippen LogP contribution in [0.15, 0.2) is 12.1 Å². The van der Waals surface area contributed by atoms with Crippen molar-refractivity contribution < 1.29 is 9.47 Å². The lowest BCUT2D eigenvalue weighted by molar-refractivity contribution is 0.170. The molecule has 1 saturated carbocycles. The van der Waals surface area contributed by atoms with Crippen LogP contribution in [0.4, 0.5) is 0 Å². The molecule has 1 aliphatic carbocycles. The second kappa shape index (κ2) is 3.91. The second-order valence-corrected chi connectivity index (χ2v) is 5.21. The summed E-state index contributed by atoms with van der Waals surface area (Å²) < 4.78 is 11.2. The van der Waals surface area contributed by atoms with Crippen LogP contribution >= 0.6 is 0 Å². The quantitative estimate of drug-likeness (QED) is 0.811. The third-order valence-corrected chi connectivity index (χ3v) is 4.00. The number of benzene rings is 1. The predicted octanol–water partition coefficient (Wildman–Crippen LogP) is 2.84. The number of fused-ring (bicyclic) bond motifs is 1. The summed E-state index contributed by atoms with van der Waals surface area (Å²) in [5.41, 5.74) is 8.61. The third kappa shape index (κ3) is 1.69. The lowest BCUT2D eigenvalue weighted by Gasteiger charge is -2.34. The van der Waals surface area contributed by atoms with Crippen LogP contribution in [-0.4, -0.2) is 6.79 Å². The molecule has 92 valence electrons. The van der Waals surface area contributed by atoms with Gasteiger partial charge in [0.15, 0.2) is 11.5 Å². The van der Waals surface area contributed by atoms with Crippen LogP contribution < -0.4 is 15.2 Å². The highest BCUT2D eigenvalue weighted by molar-refractivity contribution is 5.55. The molecule has 17 heavy (non-hydrogen) atoms. The Balaban J connectivity index is 2.06. The van der Waals surface area contributed by atoms with E-state index in [0.29, 0.717) is 6.79 Å². The van der Waals surface area contributed by atoms with Crippen LogP contribution in [0.3, 0.4) is 0 Å². The van der Waals surface area contributed by atoms with E-state index in [4.69, 9.17) is 15.2 Å². The summed E-state index contributed by atoms with van der Waals surface area (Å²) in [5.74, 6) is 1.77. The van der Waals surface area contributed by atoms with Crippen molar-refractivity contribution in [3.63, 3.8) is 0 Å². The molecule has 1 aromatic carbocycles. The van der Waals surface area contributed by atoms with Gasteiger partial charge in [-0.1, -0.05) is 31.4 Å². The van der Waals surface area contributed by atoms with E-state index in [1.165, 1.54) is 19.3 Å². The maximum absolute atomic E-state index is 6.57. The Bertz CT molecular complexity index is 436. The molecule has 0 spiro atoms. The van der Waals surface area contributed by atoms with Gasteiger partial charge in [-0.3, -0.25) is 0 Å². The maximum Gasteiger partial charge on any atom is 0.231 e. The molecule has 1 fully saturated rings. The maximum atomic E-state index is 6.57. The van der Waals surface area contributed by atoms with Gasteiger partial charge in [-0.05, 0) is 25.3 Å². The van der Waals surface area contributed by atoms with Gasteiger partial charge in [0.1, 0.15) is 0 Å². The van der Waals surface area contributed by atoms with Crippen molar-refractivity contribution in [2.75, 3.05) is 6.79 Å². The first-order valence-electron chi connectivity index (χ1n) is 6.39. The predicted molar refractivity (Wildman–Crippen MR) is 66.3 cm³/mol. The van der Waals surface area contributed by atoms with E-state index in [1.54, 1.807) is 0 Å². The van der Waals surface area contributed by atoms with Gasteiger partial charge in [-0.25, -0.2) is 0 Å². The molecule has 2 N–H and O–H groups in total. The SMILES string of the molecule is Cc1ccc(C2(N)CCCCC2)c2c1OCO2. The zero-order chi connectivity index (χ0) is 11.9. The van der Waals surface area contributed by atoms with Crippen LogP contribution in [0.5, 0.6) is 11.5 Å². The average Bonchev–Trinajstić information content (AvgIpc) is 2.80. The van der Waals surface area contributed by atoms with Crippen LogP contribution in [0, 0.1) is 6.92 Å². The molecule has 1 aromatic rings. The molecular formula is C14H19NO2. The molecule has 2 aliphatic rings. The summed E-state index contributed by atoms with van der Waals surface area (Å²) in [6.45, 7) is 2.37. The van der Waals surface area contributed by atoms with Crippen LogP contribution in [0.2, 0.25) is 0 Å². The molecule has 0 bridgehead atoms. The summed E-state index contributed by atoms with van der Waals surface area (Å²) in [5, 5.41) is 0. The Labute approximate surface area is 102 Å². The minimum absolute atomic E-state index is 0.219. The van der Waals surface area contributed by atoms with Crippen molar-refractivity contribution in [1.82, 2.24) is 0 Å². The van der Waals surface area contributed by atoms with E-state index >= 15 is 0 Å². The fourth-order valence-corrected chi connectivity index (χ4v) is 2.98. The van der Waals surface area contributed by atoms with E-state index in [2.05, 4.69) is 12.1 Å². The zero-order valence-electron chi connectivity index (χ0n) is 10.3. The van der Waals surface area contributed by atoms with Crippen molar-refractivity contribution in [2.45, 2.75) is 44.6 Å². The number of nitrogens with two attached hydrogens (primary N) is 1. The van der Waals surface area contributed by atoms with E-state index in [0.717, 1.165) is 35.5 Å². The molecule has 0 unspecified atom stereocenters. The van der Waals surface area contributed by atoms with Gasteiger partial charge in [0.2, 0.25) is 6.79 Å². The summed E-state index contributed by atoms with van der Waals surface area (Å²) in [6, 6.07) is 4.21. The molecule has 0 saturated heterocycles. The van der Waals surface area contributed by atoms with Crippen molar-refractivity contribution in [1.29, 1.82) is 0 Å². The van der Waals surface area contributed by atoms with Gasteiger partial charge in [0.25, 0.3) is 0 Å². The largest absolute Gasteiger partial charge is 0.453 e. The number of aryl methyl sites for hydroxylation is 1. The highest BCUT2D eigenvalue weighted by atomic mass is 16.7. The van der Waals surface area contributed by atoms with Crippen molar-refractivity contribution in [3.8, 4) is 11.5 Å². The Morgan fingerprint density at radius 1 is 1.06 bits per heavy atom. The van der Waals surface area contributed by atoms with Gasteiger partial charge in [0.05, 0.1) is 0 Å². The first-order valence-corrected chi connectivity index (χ1v) is 6.39. The van der Waals surface area contributed by atoms with Gasteiger partial charge in [0, 0.05) is 11.1 Å². The molecule has 3 rings (SSSR count). The van der Waals surface area contributed by atoms with Gasteiger partial charge in [-0.2, -0.15) is 0 Å². The van der Waals surface area contributed by atoms with Crippen LogP contribution in [0.1, 0.15) is 43.2 Å². The fourth-order valence-electron chi connectivity index (χ4n) is 2.98. The zero-order valence-corrected chi connectivity index (χ0v) is 10.3. The summed E-state index contributed by atoms with van der Waals surface area (Å²) in [4.78, 5) is 0. The van der Waals surface area contributed by atoms with Crippen molar-refractivity contribution in [2.24, 2.45) is 5.73 Å². The Morgan fingerprint density at radius 2 is 1.76 bits per heavy atom. The number of rotatable bonds is 1. The average molecular weight is 233 g/mol. The molecule has 1 heterocycles. The topological polar surface area (TPSA) is 44.5 Å². The van der Waals surface area contributed by atoms with E-state index in [1.807, 2.05) is 6.92 Å². The highest BCUT2D eigenvalue weighted by Gasteiger charge is 2.35. The van der Waals surface area contributed by atoms with Crippen LogP contribution in [0.25, 0.3) is 0 Å². The number of hydrogen-bond donors (Lipinski definition) is 1. The summed E-state index contributed by atoms with van der Waals surface area (Å²) in [7, 11) is 0. The Kier molecular flexibility index (Phi) is 2.51. The standard InChI is InChI=1S/C14H19NO2/c1-10-5-6-11(13-12(10)16-9-17-13)14(15)7-3-2-4-8-14/h5-6H,2-4,7-9,15H2,1H3. The monoisotopic (exact) mass is 233 g/mol. The second-order valence-electron chi connectivity index (χ2n) is 5.21. The molecule has 0 atom stereocenters. The molecule has 3 heteroatoms. The Morgan fingerprint density at radius 3 is 2.53 bits per heavy atom. The smallest absolute Gasteiger partial charge is 0.231 e. The van der Waals surface area contributed by atoms with Crippen molar-refractivity contribution in [3.05, 3.63) is 23.3 Å². The first kappa shape index (κ1) is 10.9. The fraction of sp³-hybridized carbons (Fsp3) is 0.571. The third-order valence-electron chi connectivity index (χ3n) is 4.00. The molecule has 0 aromatic heterocycles. The molecule has 0 radical (unpaired) electrons. The molecule has 0 amide bonds. The Hall–Kier alpha value is -1.22.